The van der Waals surface area contributed by atoms with Crippen molar-refractivity contribution in [3.05, 3.63) is 0 Å². The van der Waals surface area contributed by atoms with E-state index in [1.165, 1.54) is 0 Å². The number of unbranched alkanes of at least 4 members (excludes halogenated alkanes) is 2. The van der Waals surface area contributed by atoms with Gasteiger partial charge in [-0.05, 0) is 12.8 Å². The van der Waals surface area contributed by atoms with E-state index in [2.05, 4.69) is 0 Å². The Morgan fingerprint density at radius 3 is 1.60 bits per heavy atom. The molecule has 0 heterocycles. The summed E-state index contributed by atoms with van der Waals surface area (Å²) in [5, 5.41) is 0. The van der Waals surface area contributed by atoms with Gasteiger partial charge >= 0.3 is 12.1 Å². The fraction of sp³-hybridized carbons (Fsp3) is 1.00. The molecule has 0 saturated heterocycles. The highest BCUT2D eigenvalue weighted by molar-refractivity contribution is 7.89. The summed E-state index contributed by atoms with van der Waals surface area (Å²) >= 11 is 0. The number of sulfonamides is 1. The molecule has 3 nitrogen and oxygen atoms in total. The van der Waals surface area contributed by atoms with Gasteiger partial charge in [0.25, 0.3) is 0 Å². The van der Waals surface area contributed by atoms with Crippen LogP contribution in [0.15, 0.2) is 0 Å². The second-order valence-corrected chi connectivity index (χ2v) is 6.53. The van der Waals surface area contributed by atoms with Crippen LogP contribution in [0.4, 0.5) is 22.0 Å². The second kappa shape index (κ2) is 7.53. The summed E-state index contributed by atoms with van der Waals surface area (Å²) in [6.07, 6.45) is -3.79. The zero-order valence-electron chi connectivity index (χ0n) is 11.5. The minimum atomic E-state index is -5.86. The van der Waals surface area contributed by atoms with Crippen molar-refractivity contribution in [1.82, 2.24) is 4.31 Å². The number of alkyl halides is 5. The fourth-order valence-electron chi connectivity index (χ4n) is 1.46. The number of hydrogen-bond donors (Lipinski definition) is 0. The number of rotatable bonds is 9. The summed E-state index contributed by atoms with van der Waals surface area (Å²) in [5.74, 6) is -7.46. The monoisotopic (exact) mass is 325 g/mol. The molecule has 122 valence electrons. The molecule has 0 N–H and O–H groups in total. The Balaban J connectivity index is 5.02. The SMILES string of the molecule is CCCCN(CCCC)S(=O)(=O)CC(F)(F)C(F)(F)F. The molecule has 20 heavy (non-hydrogen) atoms. The lowest BCUT2D eigenvalue weighted by Crippen LogP contribution is -2.47. The topological polar surface area (TPSA) is 37.4 Å². The molecule has 0 rings (SSSR count). The van der Waals surface area contributed by atoms with Crippen molar-refractivity contribution in [3.8, 4) is 0 Å². The third-order valence-corrected chi connectivity index (χ3v) is 4.57. The van der Waals surface area contributed by atoms with E-state index in [9.17, 15) is 30.4 Å². The largest absolute Gasteiger partial charge is 0.454 e. The van der Waals surface area contributed by atoms with Gasteiger partial charge < -0.3 is 0 Å². The lowest BCUT2D eigenvalue weighted by Gasteiger charge is -2.26. The summed E-state index contributed by atoms with van der Waals surface area (Å²) < 4.78 is 86.3. The molecule has 0 bridgehead atoms. The third kappa shape index (κ3) is 5.90. The van der Waals surface area contributed by atoms with Crippen LogP contribution in [0.1, 0.15) is 39.5 Å². The van der Waals surface area contributed by atoms with Crippen LogP contribution < -0.4 is 0 Å². The van der Waals surface area contributed by atoms with Gasteiger partial charge in [0, 0.05) is 13.1 Å². The second-order valence-electron chi connectivity index (χ2n) is 4.56. The Morgan fingerprint density at radius 1 is 0.900 bits per heavy atom. The molecule has 0 fully saturated rings. The maximum atomic E-state index is 12.9. The van der Waals surface area contributed by atoms with Gasteiger partial charge in [-0.2, -0.15) is 22.0 Å². The summed E-state index contributed by atoms with van der Waals surface area (Å²) in [6, 6.07) is 0. The van der Waals surface area contributed by atoms with E-state index in [4.69, 9.17) is 0 Å². The van der Waals surface area contributed by atoms with Crippen molar-refractivity contribution < 1.29 is 30.4 Å². The van der Waals surface area contributed by atoms with Gasteiger partial charge in [0.2, 0.25) is 10.0 Å². The van der Waals surface area contributed by atoms with Crippen molar-refractivity contribution >= 4 is 10.0 Å². The van der Waals surface area contributed by atoms with Crippen LogP contribution in [0, 0.1) is 0 Å². The van der Waals surface area contributed by atoms with E-state index >= 15 is 0 Å². The summed E-state index contributed by atoms with van der Waals surface area (Å²) in [7, 11) is -4.64. The highest BCUT2D eigenvalue weighted by Gasteiger charge is 2.60. The van der Waals surface area contributed by atoms with Crippen molar-refractivity contribution in [2.75, 3.05) is 18.8 Å². The molecule has 0 aromatic rings. The van der Waals surface area contributed by atoms with Gasteiger partial charge in [-0.15, -0.1) is 0 Å². The number of hydrogen-bond acceptors (Lipinski definition) is 2. The molecule has 0 saturated carbocycles. The van der Waals surface area contributed by atoms with Crippen LogP contribution in [0.3, 0.4) is 0 Å². The normalized spacial score (nSPS) is 14.0. The molecule has 0 aromatic carbocycles. The van der Waals surface area contributed by atoms with E-state index in [1.54, 1.807) is 13.8 Å². The Kier molecular flexibility index (Phi) is 7.37. The number of nitrogens with zero attached hydrogens (tertiary/aromatic N) is 1. The van der Waals surface area contributed by atoms with Gasteiger partial charge in [0.15, 0.2) is 0 Å². The highest BCUT2D eigenvalue weighted by Crippen LogP contribution is 2.37. The summed E-state index contributed by atoms with van der Waals surface area (Å²) in [5.41, 5.74) is 0. The minimum absolute atomic E-state index is 0.0349. The molecule has 0 aliphatic carbocycles. The molecule has 0 aromatic heterocycles. The van der Waals surface area contributed by atoms with Crippen molar-refractivity contribution in [2.45, 2.75) is 51.6 Å². The van der Waals surface area contributed by atoms with Crippen molar-refractivity contribution in [2.24, 2.45) is 0 Å². The first-order chi connectivity index (χ1) is 8.98. The average Bonchev–Trinajstić information content (AvgIpc) is 2.25. The molecule has 0 aliphatic rings. The molecule has 0 unspecified atom stereocenters. The average molecular weight is 325 g/mol. The molecular formula is C11H20F5NO2S. The fourth-order valence-corrected chi connectivity index (χ4v) is 3.08. The highest BCUT2D eigenvalue weighted by atomic mass is 32.2. The van der Waals surface area contributed by atoms with E-state index in [1.807, 2.05) is 0 Å². The van der Waals surface area contributed by atoms with E-state index in [0.717, 1.165) is 4.31 Å². The standard InChI is InChI=1S/C11H20F5NO2S/c1-3-5-7-17(8-6-4-2)20(18,19)9-10(12,13)11(14,15)16/h3-9H2,1-2H3. The molecule has 0 atom stereocenters. The van der Waals surface area contributed by atoms with Crippen LogP contribution in [0.25, 0.3) is 0 Å². The van der Waals surface area contributed by atoms with Crippen LogP contribution >= 0.6 is 0 Å². The third-order valence-electron chi connectivity index (χ3n) is 2.69. The molecule has 0 spiro atoms. The quantitative estimate of drug-likeness (QED) is 0.609. The maximum absolute atomic E-state index is 12.9. The Bertz CT molecular complexity index is 373. The van der Waals surface area contributed by atoms with Crippen LogP contribution in [0.2, 0.25) is 0 Å². The molecule has 0 radical (unpaired) electrons. The molecule has 0 aliphatic heterocycles. The predicted molar refractivity (Wildman–Crippen MR) is 66.2 cm³/mol. The van der Waals surface area contributed by atoms with Gasteiger partial charge in [-0.25, -0.2) is 12.7 Å². The molecule has 0 amide bonds. The van der Waals surface area contributed by atoms with E-state index in [0.29, 0.717) is 25.7 Å². The Labute approximate surface area is 116 Å². The van der Waals surface area contributed by atoms with Crippen molar-refractivity contribution in [3.63, 3.8) is 0 Å². The summed E-state index contributed by atoms with van der Waals surface area (Å²) in [4.78, 5) is 0. The van der Waals surface area contributed by atoms with E-state index < -0.39 is 27.9 Å². The lowest BCUT2D eigenvalue weighted by atomic mass is 10.3. The zero-order valence-corrected chi connectivity index (χ0v) is 12.3. The molecule has 9 heteroatoms. The Hall–Kier alpha value is -0.440. The smallest absolute Gasteiger partial charge is 0.212 e. The minimum Gasteiger partial charge on any atom is -0.212 e. The maximum Gasteiger partial charge on any atom is 0.454 e. The Morgan fingerprint density at radius 2 is 1.30 bits per heavy atom. The molecular weight excluding hydrogens is 305 g/mol. The van der Waals surface area contributed by atoms with E-state index in [-0.39, 0.29) is 13.1 Å². The van der Waals surface area contributed by atoms with Gasteiger partial charge in [-0.3, -0.25) is 0 Å². The predicted octanol–water partition coefficient (Wildman–Crippen LogP) is 3.42. The van der Waals surface area contributed by atoms with Crippen LogP contribution in [0.5, 0.6) is 0 Å². The van der Waals surface area contributed by atoms with Gasteiger partial charge in [0.1, 0.15) is 5.75 Å². The van der Waals surface area contributed by atoms with Crippen LogP contribution in [-0.2, 0) is 10.0 Å². The van der Waals surface area contributed by atoms with Gasteiger partial charge in [0.05, 0.1) is 0 Å². The first-order valence-electron chi connectivity index (χ1n) is 6.40. The number of halogens is 5. The summed E-state index contributed by atoms with van der Waals surface area (Å²) in [6.45, 7) is 3.48. The van der Waals surface area contributed by atoms with Gasteiger partial charge in [-0.1, -0.05) is 26.7 Å². The zero-order chi connectivity index (χ0) is 16.0. The first kappa shape index (κ1) is 19.6. The first-order valence-corrected chi connectivity index (χ1v) is 8.01. The lowest BCUT2D eigenvalue weighted by molar-refractivity contribution is -0.271. The van der Waals surface area contributed by atoms with Crippen molar-refractivity contribution in [1.29, 1.82) is 0 Å². The van der Waals surface area contributed by atoms with Crippen LogP contribution in [-0.4, -0.2) is 43.7 Å².